The molecular formula is C18H15NO. The molecule has 0 aliphatic heterocycles. The van der Waals surface area contributed by atoms with Gasteiger partial charge in [0.25, 0.3) is 0 Å². The van der Waals surface area contributed by atoms with Crippen molar-refractivity contribution in [1.29, 1.82) is 0 Å². The summed E-state index contributed by atoms with van der Waals surface area (Å²) in [7, 11) is 0. The Hall–Kier alpha value is -2.61. The zero-order valence-corrected chi connectivity index (χ0v) is 11.1. The molecule has 20 heavy (non-hydrogen) atoms. The lowest BCUT2D eigenvalue weighted by Crippen LogP contribution is -1.98. The van der Waals surface area contributed by atoms with Crippen LogP contribution >= 0.6 is 0 Å². The van der Waals surface area contributed by atoms with Crippen molar-refractivity contribution in [2.75, 3.05) is 0 Å². The first kappa shape index (κ1) is 12.4. The molecule has 0 saturated heterocycles. The number of nitrogens with zero attached hydrogens (tertiary/aromatic N) is 1. The highest BCUT2D eigenvalue weighted by Crippen LogP contribution is 2.17. The maximum atomic E-state index is 5.72. The molecule has 0 fully saturated rings. The number of pyridine rings is 1. The summed E-state index contributed by atoms with van der Waals surface area (Å²) in [5.74, 6) is 0.861. The monoisotopic (exact) mass is 261 g/mol. The van der Waals surface area contributed by atoms with E-state index in [1.807, 2.05) is 66.7 Å². The van der Waals surface area contributed by atoms with Crippen LogP contribution in [0.2, 0.25) is 0 Å². The summed E-state index contributed by atoms with van der Waals surface area (Å²) < 4.78 is 5.72. The Morgan fingerprint density at radius 1 is 0.700 bits per heavy atom. The van der Waals surface area contributed by atoms with E-state index in [4.69, 9.17) is 4.74 Å². The van der Waals surface area contributed by atoms with Gasteiger partial charge in [-0.1, -0.05) is 54.6 Å². The highest BCUT2D eigenvalue weighted by Gasteiger charge is 2.01. The smallest absolute Gasteiger partial charge is 0.130 e. The van der Waals surface area contributed by atoms with Crippen molar-refractivity contribution in [3.63, 3.8) is 0 Å². The maximum Gasteiger partial charge on any atom is 0.130 e. The molecule has 0 bridgehead atoms. The average molecular weight is 261 g/mol. The molecule has 0 N–H and O–H groups in total. The molecule has 0 radical (unpaired) electrons. The molecule has 0 saturated carbocycles. The van der Waals surface area contributed by atoms with Crippen molar-refractivity contribution in [2.45, 2.75) is 6.61 Å². The van der Waals surface area contributed by atoms with Gasteiger partial charge < -0.3 is 4.74 Å². The van der Waals surface area contributed by atoms with Gasteiger partial charge in [0.05, 0.1) is 11.4 Å². The Kier molecular flexibility index (Phi) is 3.74. The molecule has 0 unspecified atom stereocenters. The summed E-state index contributed by atoms with van der Waals surface area (Å²) in [5, 5.41) is 0. The Morgan fingerprint density at radius 2 is 1.40 bits per heavy atom. The third kappa shape index (κ3) is 3.04. The first-order valence-corrected chi connectivity index (χ1v) is 6.61. The van der Waals surface area contributed by atoms with Crippen LogP contribution in [0.5, 0.6) is 5.75 Å². The summed E-state index contributed by atoms with van der Waals surface area (Å²) in [6.45, 7) is 0.477. The molecule has 0 spiro atoms. The lowest BCUT2D eigenvalue weighted by Gasteiger charge is -2.07. The first-order valence-electron chi connectivity index (χ1n) is 6.61. The molecule has 0 amide bonds. The van der Waals surface area contributed by atoms with E-state index in [2.05, 4.69) is 17.1 Å². The van der Waals surface area contributed by atoms with E-state index in [1.54, 1.807) is 0 Å². The average Bonchev–Trinajstić information content (AvgIpc) is 2.55. The minimum Gasteiger partial charge on any atom is -0.487 e. The highest BCUT2D eigenvalue weighted by atomic mass is 16.5. The molecule has 3 aromatic rings. The minimum atomic E-state index is 0.477. The molecule has 0 aliphatic carbocycles. The molecule has 2 nitrogen and oxygen atoms in total. The van der Waals surface area contributed by atoms with Crippen LogP contribution in [0, 0.1) is 0 Å². The molecule has 1 aromatic heterocycles. The van der Waals surface area contributed by atoms with Crippen molar-refractivity contribution < 1.29 is 4.74 Å². The van der Waals surface area contributed by atoms with Crippen LogP contribution in [0.15, 0.2) is 78.9 Å². The molecule has 2 heteroatoms. The van der Waals surface area contributed by atoms with Gasteiger partial charge in [0.15, 0.2) is 0 Å². The summed E-state index contributed by atoms with van der Waals surface area (Å²) in [5.41, 5.74) is 3.02. The summed E-state index contributed by atoms with van der Waals surface area (Å²) in [6, 6.07) is 26.0. The third-order valence-corrected chi connectivity index (χ3v) is 3.01. The quantitative estimate of drug-likeness (QED) is 0.697. The van der Waals surface area contributed by atoms with Crippen molar-refractivity contribution in [2.24, 2.45) is 0 Å². The Morgan fingerprint density at radius 3 is 2.15 bits per heavy atom. The van der Waals surface area contributed by atoms with Gasteiger partial charge in [0.2, 0.25) is 0 Å². The lowest BCUT2D eigenvalue weighted by atomic mass is 10.1. The Bertz CT molecular complexity index is 665. The maximum absolute atomic E-state index is 5.72. The highest BCUT2D eigenvalue weighted by molar-refractivity contribution is 5.58. The van der Waals surface area contributed by atoms with Gasteiger partial charge in [-0.05, 0) is 24.3 Å². The number of benzene rings is 2. The van der Waals surface area contributed by atoms with Crippen LogP contribution in [-0.2, 0) is 6.61 Å². The van der Waals surface area contributed by atoms with Crippen LogP contribution in [0.1, 0.15) is 5.69 Å². The van der Waals surface area contributed by atoms with E-state index >= 15 is 0 Å². The predicted molar refractivity (Wildman–Crippen MR) is 80.4 cm³/mol. The number of para-hydroxylation sites is 1. The fourth-order valence-corrected chi connectivity index (χ4v) is 2.00. The van der Waals surface area contributed by atoms with Crippen molar-refractivity contribution >= 4 is 0 Å². The standard InChI is InChI=1S/C18H15NO/c1-3-8-15(9-4-1)18-13-7-10-16(19-18)14-20-17-11-5-2-6-12-17/h1-13H,14H2. The van der Waals surface area contributed by atoms with Gasteiger partial charge in [-0.2, -0.15) is 0 Å². The lowest BCUT2D eigenvalue weighted by molar-refractivity contribution is 0.301. The molecule has 1 heterocycles. The van der Waals surface area contributed by atoms with Crippen molar-refractivity contribution in [3.8, 4) is 17.0 Å². The van der Waals surface area contributed by atoms with Gasteiger partial charge in [-0.3, -0.25) is 0 Å². The number of hydrogen-bond donors (Lipinski definition) is 0. The second kappa shape index (κ2) is 6.02. The number of ether oxygens (including phenoxy) is 1. The molecular weight excluding hydrogens is 246 g/mol. The van der Waals surface area contributed by atoms with Gasteiger partial charge in [0, 0.05) is 5.56 Å². The molecule has 0 atom stereocenters. The fourth-order valence-electron chi connectivity index (χ4n) is 2.00. The predicted octanol–water partition coefficient (Wildman–Crippen LogP) is 4.33. The number of rotatable bonds is 4. The van der Waals surface area contributed by atoms with E-state index in [-0.39, 0.29) is 0 Å². The van der Waals surface area contributed by atoms with E-state index in [1.165, 1.54) is 0 Å². The van der Waals surface area contributed by atoms with Gasteiger partial charge in [0.1, 0.15) is 12.4 Å². The van der Waals surface area contributed by atoms with E-state index in [0.29, 0.717) is 6.61 Å². The zero-order chi connectivity index (χ0) is 13.6. The summed E-state index contributed by atoms with van der Waals surface area (Å²) >= 11 is 0. The molecule has 3 rings (SSSR count). The summed E-state index contributed by atoms with van der Waals surface area (Å²) in [4.78, 5) is 4.63. The number of hydrogen-bond acceptors (Lipinski definition) is 2. The minimum absolute atomic E-state index is 0.477. The third-order valence-electron chi connectivity index (χ3n) is 3.01. The molecule has 2 aromatic carbocycles. The van der Waals surface area contributed by atoms with Gasteiger partial charge in [-0.25, -0.2) is 4.98 Å². The van der Waals surface area contributed by atoms with Crippen LogP contribution < -0.4 is 4.74 Å². The largest absolute Gasteiger partial charge is 0.487 e. The van der Waals surface area contributed by atoms with E-state index in [9.17, 15) is 0 Å². The van der Waals surface area contributed by atoms with Crippen LogP contribution in [-0.4, -0.2) is 4.98 Å². The van der Waals surface area contributed by atoms with Gasteiger partial charge >= 0.3 is 0 Å². The van der Waals surface area contributed by atoms with Crippen molar-refractivity contribution in [3.05, 3.63) is 84.6 Å². The molecule has 0 aliphatic rings. The normalized spacial score (nSPS) is 10.2. The van der Waals surface area contributed by atoms with Crippen molar-refractivity contribution in [1.82, 2.24) is 4.98 Å². The number of aromatic nitrogens is 1. The SMILES string of the molecule is c1ccc(OCc2cccc(-c3ccccc3)n2)cc1. The van der Waals surface area contributed by atoms with E-state index in [0.717, 1.165) is 22.7 Å². The Balaban J connectivity index is 1.75. The van der Waals surface area contributed by atoms with Gasteiger partial charge in [-0.15, -0.1) is 0 Å². The van der Waals surface area contributed by atoms with Crippen LogP contribution in [0.4, 0.5) is 0 Å². The molecule has 98 valence electrons. The summed E-state index contributed by atoms with van der Waals surface area (Å²) in [6.07, 6.45) is 0. The van der Waals surface area contributed by atoms with E-state index < -0.39 is 0 Å². The van der Waals surface area contributed by atoms with Crippen LogP contribution in [0.25, 0.3) is 11.3 Å². The topological polar surface area (TPSA) is 22.1 Å². The second-order valence-electron chi connectivity index (χ2n) is 4.48. The van der Waals surface area contributed by atoms with Crippen LogP contribution in [0.3, 0.4) is 0 Å². The Labute approximate surface area is 118 Å². The second-order valence-corrected chi connectivity index (χ2v) is 4.48. The fraction of sp³-hybridized carbons (Fsp3) is 0.0556. The zero-order valence-electron chi connectivity index (χ0n) is 11.1. The first-order chi connectivity index (χ1) is 9.92.